The molecule has 0 unspecified atom stereocenters. The summed E-state index contributed by atoms with van der Waals surface area (Å²) in [4.78, 5) is 25.6. The molecule has 0 saturated heterocycles. The van der Waals surface area contributed by atoms with Crippen LogP contribution in [-0.4, -0.2) is 32.6 Å². The Morgan fingerprint density at radius 3 is 2.86 bits per heavy atom. The number of carbonyl (C=O) groups is 1. The Morgan fingerprint density at radius 2 is 2.07 bits per heavy atom. The first-order chi connectivity index (χ1) is 14.1. The molecule has 150 valence electrons. The van der Waals surface area contributed by atoms with Crippen molar-refractivity contribution in [2.75, 3.05) is 12.3 Å². The van der Waals surface area contributed by atoms with Crippen molar-refractivity contribution in [2.24, 2.45) is 7.05 Å². The minimum Gasteiger partial charge on any atom is -0.468 e. The second-order valence-electron chi connectivity index (χ2n) is 6.82. The molecule has 1 N–H and O–H groups in total. The Balaban J connectivity index is 1.54. The van der Waals surface area contributed by atoms with Crippen LogP contribution in [0.15, 0.2) is 58.1 Å². The summed E-state index contributed by atoms with van der Waals surface area (Å²) < 4.78 is 8.42. The molecular weight excluding hydrogens is 388 g/mol. The number of aryl methyl sites for hydroxylation is 1. The van der Waals surface area contributed by atoms with Gasteiger partial charge in [-0.2, -0.15) is 16.9 Å². The fraction of sp³-hybridized carbons (Fsp3) is 0.286. The van der Waals surface area contributed by atoms with Crippen LogP contribution in [0.3, 0.4) is 0 Å². The predicted molar refractivity (Wildman–Crippen MR) is 115 cm³/mol. The van der Waals surface area contributed by atoms with Gasteiger partial charge in [0.2, 0.25) is 5.91 Å². The van der Waals surface area contributed by atoms with E-state index in [9.17, 15) is 9.59 Å². The molecule has 7 nitrogen and oxygen atoms in total. The van der Waals surface area contributed by atoms with Gasteiger partial charge in [-0.1, -0.05) is 18.2 Å². The highest BCUT2D eigenvalue weighted by molar-refractivity contribution is 7.98. The zero-order valence-electron chi connectivity index (χ0n) is 16.3. The van der Waals surface area contributed by atoms with E-state index >= 15 is 0 Å². The lowest BCUT2D eigenvalue weighted by Crippen LogP contribution is -2.33. The Morgan fingerprint density at radius 1 is 1.24 bits per heavy atom. The zero-order valence-corrected chi connectivity index (χ0v) is 17.1. The lowest BCUT2D eigenvalue weighted by molar-refractivity contribution is -0.123. The standard InChI is InChI=1S/C21H22N4O3S/c1-14(20(26)22-9-11-29-13-15-6-5-10-28-15)25-18-8-4-3-7-16(18)17-12-23-24(2)21(27)19(17)25/h3-8,10,12,14H,9,11,13H2,1-2H3,(H,22,26)/t14-/m1/s1. The predicted octanol–water partition coefficient (Wildman–Crippen LogP) is 3.09. The van der Waals surface area contributed by atoms with E-state index in [4.69, 9.17) is 4.42 Å². The molecule has 1 aromatic carbocycles. The van der Waals surface area contributed by atoms with Gasteiger partial charge >= 0.3 is 0 Å². The summed E-state index contributed by atoms with van der Waals surface area (Å²) in [5, 5.41) is 8.80. The number of para-hydroxylation sites is 1. The molecule has 1 amide bonds. The number of amides is 1. The summed E-state index contributed by atoms with van der Waals surface area (Å²) in [6.07, 6.45) is 3.34. The quantitative estimate of drug-likeness (QED) is 0.474. The number of aromatic nitrogens is 3. The van der Waals surface area contributed by atoms with Gasteiger partial charge in [0.25, 0.3) is 5.56 Å². The molecule has 8 heteroatoms. The van der Waals surface area contributed by atoms with Crippen LogP contribution in [0, 0.1) is 0 Å². The van der Waals surface area contributed by atoms with Crippen molar-refractivity contribution in [3.05, 3.63) is 65.0 Å². The second-order valence-corrected chi connectivity index (χ2v) is 7.93. The number of hydrogen-bond acceptors (Lipinski definition) is 5. The van der Waals surface area contributed by atoms with Crippen LogP contribution in [-0.2, 0) is 17.6 Å². The summed E-state index contributed by atoms with van der Waals surface area (Å²) in [5.41, 5.74) is 1.13. The van der Waals surface area contributed by atoms with Crippen LogP contribution >= 0.6 is 11.8 Å². The number of nitrogens with one attached hydrogen (secondary N) is 1. The number of carbonyl (C=O) groups excluding carboxylic acids is 1. The summed E-state index contributed by atoms with van der Waals surface area (Å²) in [6.45, 7) is 2.36. The molecule has 0 aliphatic carbocycles. The molecule has 0 bridgehead atoms. The highest BCUT2D eigenvalue weighted by atomic mass is 32.2. The molecule has 0 aliphatic heterocycles. The van der Waals surface area contributed by atoms with Gasteiger partial charge in [0.05, 0.1) is 23.7 Å². The Kier molecular flexibility index (Phi) is 5.44. The molecule has 29 heavy (non-hydrogen) atoms. The monoisotopic (exact) mass is 410 g/mol. The molecule has 4 rings (SSSR count). The number of thioether (sulfide) groups is 1. The molecule has 0 radical (unpaired) electrons. The first kappa shape index (κ1) is 19.3. The number of fused-ring (bicyclic) bond motifs is 3. The van der Waals surface area contributed by atoms with Crippen molar-refractivity contribution in [2.45, 2.75) is 18.7 Å². The van der Waals surface area contributed by atoms with Crippen LogP contribution in [0.2, 0.25) is 0 Å². The molecular formula is C21H22N4O3S. The summed E-state index contributed by atoms with van der Waals surface area (Å²) in [7, 11) is 1.62. The summed E-state index contributed by atoms with van der Waals surface area (Å²) in [5.74, 6) is 2.35. The van der Waals surface area contributed by atoms with E-state index in [1.54, 1.807) is 31.3 Å². The maximum absolute atomic E-state index is 12.8. The number of rotatable bonds is 7. The van der Waals surface area contributed by atoms with Gasteiger partial charge in [0.1, 0.15) is 17.3 Å². The van der Waals surface area contributed by atoms with Crippen molar-refractivity contribution in [1.82, 2.24) is 19.7 Å². The minimum absolute atomic E-state index is 0.120. The Bertz CT molecular complexity index is 1210. The summed E-state index contributed by atoms with van der Waals surface area (Å²) >= 11 is 1.69. The van der Waals surface area contributed by atoms with Gasteiger partial charge in [0, 0.05) is 30.1 Å². The molecule has 0 saturated carbocycles. The maximum Gasteiger partial charge on any atom is 0.291 e. The maximum atomic E-state index is 12.8. The average molecular weight is 410 g/mol. The van der Waals surface area contributed by atoms with Crippen LogP contribution in [0.4, 0.5) is 0 Å². The van der Waals surface area contributed by atoms with Gasteiger partial charge in [-0.05, 0) is 25.1 Å². The smallest absolute Gasteiger partial charge is 0.291 e. The van der Waals surface area contributed by atoms with Crippen LogP contribution in [0.1, 0.15) is 18.7 Å². The Hall–Kier alpha value is -3.00. The van der Waals surface area contributed by atoms with Gasteiger partial charge < -0.3 is 14.3 Å². The molecule has 0 fully saturated rings. The Labute approximate surface area is 171 Å². The average Bonchev–Trinajstić information content (AvgIpc) is 3.36. The van der Waals surface area contributed by atoms with E-state index in [1.165, 1.54) is 4.68 Å². The molecule has 3 aromatic heterocycles. The topological polar surface area (TPSA) is 82.1 Å². The lowest BCUT2D eigenvalue weighted by Gasteiger charge is -2.16. The third kappa shape index (κ3) is 3.67. The van der Waals surface area contributed by atoms with E-state index in [0.717, 1.165) is 33.6 Å². The van der Waals surface area contributed by atoms with E-state index < -0.39 is 6.04 Å². The number of furan rings is 1. The van der Waals surface area contributed by atoms with Crippen LogP contribution < -0.4 is 10.9 Å². The van der Waals surface area contributed by atoms with Crippen molar-refractivity contribution < 1.29 is 9.21 Å². The lowest BCUT2D eigenvalue weighted by atomic mass is 10.2. The van der Waals surface area contributed by atoms with Gasteiger partial charge in [-0.3, -0.25) is 9.59 Å². The van der Waals surface area contributed by atoms with Crippen LogP contribution in [0.5, 0.6) is 0 Å². The van der Waals surface area contributed by atoms with Gasteiger partial charge in [-0.25, -0.2) is 4.68 Å². The van der Waals surface area contributed by atoms with Crippen molar-refractivity contribution in [1.29, 1.82) is 0 Å². The number of nitrogens with zero attached hydrogens (tertiary/aromatic N) is 3. The fourth-order valence-corrected chi connectivity index (χ4v) is 4.23. The van der Waals surface area contributed by atoms with Crippen molar-refractivity contribution >= 4 is 39.5 Å². The van der Waals surface area contributed by atoms with E-state index in [1.807, 2.05) is 47.9 Å². The second kappa shape index (κ2) is 8.16. The van der Waals surface area contributed by atoms with E-state index in [0.29, 0.717) is 12.1 Å². The molecule has 0 spiro atoms. The van der Waals surface area contributed by atoms with Crippen molar-refractivity contribution in [3.63, 3.8) is 0 Å². The molecule has 3 heterocycles. The first-order valence-electron chi connectivity index (χ1n) is 9.40. The normalized spacial score (nSPS) is 12.5. The molecule has 1 atom stereocenters. The largest absolute Gasteiger partial charge is 0.468 e. The number of hydrogen-bond donors (Lipinski definition) is 1. The van der Waals surface area contributed by atoms with E-state index in [-0.39, 0.29) is 11.5 Å². The highest BCUT2D eigenvalue weighted by Gasteiger charge is 2.22. The minimum atomic E-state index is -0.525. The van der Waals surface area contributed by atoms with Gasteiger partial charge in [0.15, 0.2) is 0 Å². The molecule has 0 aliphatic rings. The summed E-state index contributed by atoms with van der Waals surface area (Å²) in [6, 6.07) is 11.0. The SMILES string of the molecule is C[C@H](C(=O)NCCSCc1ccco1)n1c2ccccc2c2cnn(C)c(=O)c21. The van der Waals surface area contributed by atoms with E-state index in [2.05, 4.69) is 10.4 Å². The third-order valence-electron chi connectivity index (χ3n) is 4.94. The fourth-order valence-electron chi connectivity index (χ4n) is 3.47. The van der Waals surface area contributed by atoms with Crippen molar-refractivity contribution in [3.8, 4) is 0 Å². The first-order valence-corrected chi connectivity index (χ1v) is 10.6. The van der Waals surface area contributed by atoms with Crippen LogP contribution in [0.25, 0.3) is 21.8 Å². The highest BCUT2D eigenvalue weighted by Crippen LogP contribution is 2.29. The van der Waals surface area contributed by atoms with Gasteiger partial charge in [-0.15, -0.1) is 0 Å². The zero-order chi connectivity index (χ0) is 20.4. The molecule has 4 aromatic rings. The third-order valence-corrected chi connectivity index (χ3v) is 5.92. The number of benzene rings is 1.